The number of carbonyl (C=O) groups is 4. The second kappa shape index (κ2) is 15.7. The number of non-ortho nitro benzene ring substituents is 1. The van der Waals surface area contributed by atoms with Crippen LogP contribution < -0.4 is 5.32 Å². The van der Waals surface area contributed by atoms with Crippen molar-refractivity contribution in [1.82, 2.24) is 4.90 Å². The molecule has 256 valence electrons. The van der Waals surface area contributed by atoms with Gasteiger partial charge in [-0.1, -0.05) is 66.7 Å². The van der Waals surface area contributed by atoms with Gasteiger partial charge in [-0.3, -0.25) is 29.3 Å². The molecule has 2 amide bonds. The summed E-state index contributed by atoms with van der Waals surface area (Å²) < 4.78 is 5.96. The topological polar surface area (TPSA) is 180 Å². The zero-order valence-electron chi connectivity index (χ0n) is 27.1. The van der Waals surface area contributed by atoms with E-state index >= 15 is 0 Å². The maximum Gasteiger partial charge on any atom is 0.307 e. The molecule has 12 heteroatoms. The maximum atomic E-state index is 14.1. The largest absolute Gasteiger partial charge is 0.481 e. The highest BCUT2D eigenvalue weighted by Crippen LogP contribution is 2.32. The van der Waals surface area contributed by atoms with Crippen LogP contribution in [0.4, 0.5) is 11.4 Å². The number of rotatable bonds is 15. The van der Waals surface area contributed by atoms with Gasteiger partial charge in [-0.2, -0.15) is 0 Å². The molecular weight excluding hydrogens is 642 g/mol. The van der Waals surface area contributed by atoms with Gasteiger partial charge in [-0.25, -0.2) is 0 Å². The third-order valence-corrected chi connectivity index (χ3v) is 8.62. The highest BCUT2D eigenvalue weighted by molar-refractivity contribution is 6.02. The highest BCUT2D eigenvalue weighted by atomic mass is 16.6. The molecule has 0 saturated heterocycles. The molecular formula is C38H35N3O9. The van der Waals surface area contributed by atoms with Crippen LogP contribution in [0.2, 0.25) is 0 Å². The lowest BCUT2D eigenvalue weighted by molar-refractivity contribution is -0.384. The fourth-order valence-electron chi connectivity index (χ4n) is 5.95. The van der Waals surface area contributed by atoms with Gasteiger partial charge >= 0.3 is 11.9 Å². The normalized spacial score (nSPS) is 12.8. The molecule has 3 N–H and O–H groups in total. The first-order chi connectivity index (χ1) is 24.0. The molecule has 0 spiro atoms. The molecule has 5 rings (SSSR count). The van der Waals surface area contributed by atoms with Crippen LogP contribution >= 0.6 is 0 Å². The molecule has 4 aromatic carbocycles. The molecule has 50 heavy (non-hydrogen) atoms. The Hall–Kier alpha value is -6.30. The zero-order chi connectivity index (χ0) is 35.8. The number of benzene rings is 4. The number of carboxylic acid groups (broad SMARTS) is 2. The van der Waals surface area contributed by atoms with E-state index in [0.717, 1.165) is 16.3 Å². The lowest BCUT2D eigenvalue weighted by atomic mass is 9.86. The number of nitro benzene ring substituents is 1. The summed E-state index contributed by atoms with van der Waals surface area (Å²) in [7, 11) is 0. The zero-order valence-corrected chi connectivity index (χ0v) is 27.1. The number of amides is 2. The van der Waals surface area contributed by atoms with Crippen LogP contribution in [0.15, 0.2) is 114 Å². The molecule has 5 aromatic rings. The molecule has 0 aliphatic carbocycles. The first-order valence-corrected chi connectivity index (χ1v) is 15.9. The summed E-state index contributed by atoms with van der Waals surface area (Å²) in [5.41, 5.74) is 1.85. The SMILES string of the molecule is CC(C(Cc1ccc(C(=O)Nc2ccccc2)o1)c1ccc([N+](=O)[O-])cc1)N(Cc1ccc2ccccc2c1)C(=O)CC(CC(=O)O)C(=O)O. The number of nitrogens with one attached hydrogen (secondary N) is 1. The van der Waals surface area contributed by atoms with Gasteiger partial charge in [0.1, 0.15) is 5.76 Å². The Bertz CT molecular complexity index is 2010. The van der Waals surface area contributed by atoms with E-state index in [1.807, 2.05) is 48.5 Å². The number of furan rings is 1. The van der Waals surface area contributed by atoms with E-state index in [9.17, 15) is 39.5 Å². The van der Waals surface area contributed by atoms with Crippen LogP contribution in [0.5, 0.6) is 0 Å². The van der Waals surface area contributed by atoms with Crippen LogP contribution in [0.1, 0.15) is 53.1 Å². The number of nitrogens with zero attached hydrogens (tertiary/aromatic N) is 2. The van der Waals surface area contributed by atoms with Crippen LogP contribution in [0.3, 0.4) is 0 Å². The van der Waals surface area contributed by atoms with Gasteiger partial charge in [0.2, 0.25) is 5.91 Å². The van der Waals surface area contributed by atoms with Gasteiger partial charge in [0.15, 0.2) is 5.76 Å². The molecule has 12 nitrogen and oxygen atoms in total. The maximum absolute atomic E-state index is 14.1. The van der Waals surface area contributed by atoms with E-state index in [2.05, 4.69) is 5.32 Å². The van der Waals surface area contributed by atoms with Gasteiger partial charge in [-0.05, 0) is 59.2 Å². The van der Waals surface area contributed by atoms with E-state index in [1.165, 1.54) is 23.1 Å². The van der Waals surface area contributed by atoms with Crippen molar-refractivity contribution < 1.29 is 38.7 Å². The fraction of sp³-hybridized carbons (Fsp3) is 0.211. The Kier molecular flexibility index (Phi) is 11.0. The summed E-state index contributed by atoms with van der Waals surface area (Å²) in [5.74, 6) is -5.33. The van der Waals surface area contributed by atoms with Crippen molar-refractivity contribution in [3.8, 4) is 0 Å². The molecule has 1 heterocycles. The second-order valence-corrected chi connectivity index (χ2v) is 12.0. The molecule has 0 fully saturated rings. The van der Waals surface area contributed by atoms with Crippen molar-refractivity contribution >= 4 is 45.9 Å². The first kappa shape index (κ1) is 35.0. The van der Waals surface area contributed by atoms with Crippen molar-refractivity contribution in [1.29, 1.82) is 0 Å². The van der Waals surface area contributed by atoms with Crippen LogP contribution in [0, 0.1) is 16.0 Å². The minimum Gasteiger partial charge on any atom is -0.481 e. The Morgan fingerprint density at radius 2 is 1.52 bits per heavy atom. The standard InChI is InChI=1S/C38H35N3O9/c1-24(40(35(42)20-29(38(46)47)21-36(43)44)23-25-11-12-26-7-5-6-8-28(26)19-25)33(27-13-15-31(16-14-27)41(48)49)22-32-17-18-34(50-32)37(45)39-30-9-3-2-4-10-30/h2-19,24,29,33H,20-23H2,1H3,(H,39,45)(H,43,44)(H,46,47). The minimum absolute atomic E-state index is 0.0565. The minimum atomic E-state index is -1.46. The van der Waals surface area contributed by atoms with Crippen molar-refractivity contribution in [2.24, 2.45) is 5.92 Å². The van der Waals surface area contributed by atoms with Gasteiger partial charge in [0, 0.05) is 49.2 Å². The average Bonchev–Trinajstić information content (AvgIpc) is 3.58. The summed E-state index contributed by atoms with van der Waals surface area (Å²) in [6.45, 7) is 1.85. The molecule has 3 unspecified atom stereocenters. The Balaban J connectivity index is 1.50. The number of fused-ring (bicyclic) bond motifs is 1. The number of para-hydroxylation sites is 1. The smallest absolute Gasteiger partial charge is 0.307 e. The Labute approximate surface area is 287 Å². The molecule has 0 aliphatic rings. The first-order valence-electron chi connectivity index (χ1n) is 15.9. The Morgan fingerprint density at radius 3 is 2.18 bits per heavy atom. The summed E-state index contributed by atoms with van der Waals surface area (Å²) in [6.07, 6.45) is -1.13. The number of anilines is 1. The van der Waals surface area contributed by atoms with Crippen molar-refractivity contribution in [2.75, 3.05) is 5.32 Å². The number of nitro groups is 1. The van der Waals surface area contributed by atoms with E-state index < -0.39 is 59.4 Å². The summed E-state index contributed by atoms with van der Waals surface area (Å²) in [4.78, 5) is 62.9. The van der Waals surface area contributed by atoms with Crippen molar-refractivity contribution in [3.63, 3.8) is 0 Å². The van der Waals surface area contributed by atoms with E-state index in [0.29, 0.717) is 17.0 Å². The lowest BCUT2D eigenvalue weighted by Crippen LogP contribution is -2.43. The van der Waals surface area contributed by atoms with Crippen molar-refractivity contribution in [2.45, 2.75) is 44.7 Å². The van der Waals surface area contributed by atoms with E-state index in [1.54, 1.807) is 49.4 Å². The molecule has 0 saturated carbocycles. The molecule has 0 aliphatic heterocycles. The van der Waals surface area contributed by atoms with Gasteiger partial charge in [0.05, 0.1) is 17.3 Å². The number of hydrogen-bond donors (Lipinski definition) is 3. The van der Waals surface area contributed by atoms with Crippen molar-refractivity contribution in [3.05, 3.63) is 142 Å². The summed E-state index contributed by atoms with van der Waals surface area (Å²) >= 11 is 0. The third kappa shape index (κ3) is 8.78. The molecule has 0 radical (unpaired) electrons. The van der Waals surface area contributed by atoms with Crippen LogP contribution in [-0.4, -0.2) is 49.8 Å². The Morgan fingerprint density at radius 1 is 0.840 bits per heavy atom. The summed E-state index contributed by atoms with van der Waals surface area (Å²) in [6, 6.07) is 30.7. The monoisotopic (exact) mass is 677 g/mol. The number of carboxylic acids is 2. The lowest BCUT2D eigenvalue weighted by Gasteiger charge is -2.36. The van der Waals surface area contributed by atoms with Crippen LogP contribution in [-0.2, 0) is 27.3 Å². The number of aliphatic carboxylic acids is 2. The predicted molar refractivity (Wildman–Crippen MR) is 185 cm³/mol. The van der Waals surface area contributed by atoms with Gasteiger partial charge in [0.25, 0.3) is 11.6 Å². The molecule has 1 aromatic heterocycles. The average molecular weight is 678 g/mol. The number of hydrogen-bond acceptors (Lipinski definition) is 7. The predicted octanol–water partition coefficient (Wildman–Crippen LogP) is 6.90. The summed E-state index contributed by atoms with van der Waals surface area (Å²) in [5, 5.41) is 35.2. The fourth-order valence-corrected chi connectivity index (χ4v) is 5.95. The molecule has 0 bridgehead atoms. The second-order valence-electron chi connectivity index (χ2n) is 12.0. The van der Waals surface area contributed by atoms with Gasteiger partial charge < -0.3 is 24.8 Å². The third-order valence-electron chi connectivity index (χ3n) is 8.62. The van der Waals surface area contributed by atoms with Crippen LogP contribution in [0.25, 0.3) is 10.8 Å². The van der Waals surface area contributed by atoms with E-state index in [-0.39, 0.29) is 24.4 Å². The van der Waals surface area contributed by atoms with Gasteiger partial charge in [-0.15, -0.1) is 0 Å². The molecule has 3 atom stereocenters. The number of carbonyl (C=O) groups excluding carboxylic acids is 2. The highest BCUT2D eigenvalue weighted by Gasteiger charge is 2.33. The quantitative estimate of drug-likeness (QED) is 0.0784. The van der Waals surface area contributed by atoms with E-state index in [4.69, 9.17) is 4.42 Å².